The maximum Gasteiger partial charge on any atom is 0.417 e. The highest BCUT2D eigenvalue weighted by Gasteiger charge is 2.33. The van der Waals surface area contributed by atoms with Crippen molar-refractivity contribution in [1.29, 1.82) is 0 Å². The van der Waals surface area contributed by atoms with Gasteiger partial charge in [0.05, 0.1) is 5.52 Å². The standard InChI is InChI=1S/C42H49N9O8/c1-26-22-27(24-35-36(26)48-42(58)59-35)23-34(47-40(55)51-16-11-28(12-17-51)31-25-29-6-2-3-7-32(29)45-37(31)52)38(53)46-33(8-4-5-13-44-41(56)57)39(54)50-20-18-49(19-21-50)30-9-14-43-15-10-30/h2-3,6-7,9-10,14-15,22,24-25,28,33-34,44H,4-5,8,11-13,16-21,23H2,1H3,(H,45,52)(H,46,53)(H,47,55)(H,48,58)(H,56,57). The van der Waals surface area contributed by atoms with Crippen LogP contribution in [0.25, 0.3) is 22.0 Å². The van der Waals surface area contributed by atoms with Gasteiger partial charge < -0.3 is 45.2 Å². The van der Waals surface area contributed by atoms with Crippen molar-refractivity contribution in [2.24, 2.45) is 0 Å². The van der Waals surface area contributed by atoms with E-state index in [9.17, 15) is 28.8 Å². The number of carboxylic acid groups (broad SMARTS) is 1. The fourth-order valence-corrected chi connectivity index (χ4v) is 8.12. The van der Waals surface area contributed by atoms with Gasteiger partial charge in [-0.15, -0.1) is 0 Å². The van der Waals surface area contributed by atoms with Gasteiger partial charge in [-0.2, -0.15) is 0 Å². The molecule has 3 aromatic heterocycles. The number of anilines is 1. The van der Waals surface area contributed by atoms with Crippen molar-refractivity contribution >= 4 is 51.6 Å². The lowest BCUT2D eigenvalue weighted by Crippen LogP contribution is -2.59. The van der Waals surface area contributed by atoms with Crippen LogP contribution in [0, 0.1) is 6.92 Å². The molecule has 310 valence electrons. The number of aromatic nitrogens is 3. The topological polar surface area (TPSA) is 226 Å². The van der Waals surface area contributed by atoms with E-state index >= 15 is 0 Å². The molecule has 0 spiro atoms. The number of hydrogen-bond donors (Lipinski definition) is 6. The third-order valence-corrected chi connectivity index (χ3v) is 11.3. The molecule has 17 nitrogen and oxygen atoms in total. The van der Waals surface area contributed by atoms with E-state index in [1.165, 1.54) is 0 Å². The first kappa shape index (κ1) is 40.5. The van der Waals surface area contributed by atoms with Gasteiger partial charge in [0, 0.05) is 81.4 Å². The molecular formula is C42H49N9O8. The Morgan fingerprint density at radius 3 is 2.37 bits per heavy atom. The number of amides is 5. The van der Waals surface area contributed by atoms with Crippen LogP contribution in [0.4, 0.5) is 15.3 Å². The molecule has 5 aromatic rings. The van der Waals surface area contributed by atoms with Crippen LogP contribution in [0.5, 0.6) is 0 Å². The van der Waals surface area contributed by atoms with E-state index in [-0.39, 0.29) is 36.8 Å². The zero-order valence-corrected chi connectivity index (χ0v) is 32.9. The van der Waals surface area contributed by atoms with Crippen LogP contribution in [-0.2, 0) is 16.0 Å². The normalized spacial score (nSPS) is 15.8. The summed E-state index contributed by atoms with van der Waals surface area (Å²) in [5, 5.41) is 18.2. The van der Waals surface area contributed by atoms with E-state index in [2.05, 4.69) is 35.8 Å². The molecule has 0 saturated carbocycles. The number of aryl methyl sites for hydroxylation is 1. The van der Waals surface area contributed by atoms with E-state index in [0.717, 1.165) is 16.6 Å². The van der Waals surface area contributed by atoms with Crippen molar-refractivity contribution in [3.05, 3.63) is 105 Å². The van der Waals surface area contributed by atoms with Gasteiger partial charge in [0.25, 0.3) is 5.56 Å². The number of piperazine rings is 1. The molecule has 17 heteroatoms. The lowest BCUT2D eigenvalue weighted by Gasteiger charge is -2.38. The van der Waals surface area contributed by atoms with Gasteiger partial charge in [-0.25, -0.2) is 14.4 Å². The molecule has 7 rings (SSSR count). The van der Waals surface area contributed by atoms with E-state index in [1.807, 2.05) is 48.5 Å². The number of pyridine rings is 2. The predicted molar refractivity (Wildman–Crippen MR) is 221 cm³/mol. The van der Waals surface area contributed by atoms with Crippen molar-refractivity contribution in [1.82, 2.24) is 40.7 Å². The largest absolute Gasteiger partial charge is 0.465 e. The molecule has 2 aliphatic rings. The monoisotopic (exact) mass is 807 g/mol. The van der Waals surface area contributed by atoms with E-state index in [0.29, 0.717) is 92.7 Å². The molecule has 59 heavy (non-hydrogen) atoms. The van der Waals surface area contributed by atoms with Gasteiger partial charge in [-0.05, 0) is 91.8 Å². The number of para-hydroxylation sites is 1. The second-order valence-corrected chi connectivity index (χ2v) is 15.2. The summed E-state index contributed by atoms with van der Waals surface area (Å²) in [6.07, 6.45) is 4.57. The van der Waals surface area contributed by atoms with Gasteiger partial charge in [-0.3, -0.25) is 24.4 Å². The van der Waals surface area contributed by atoms with Gasteiger partial charge in [0.1, 0.15) is 12.1 Å². The number of likely N-dealkylation sites (tertiary alicyclic amines) is 1. The molecular weight excluding hydrogens is 759 g/mol. The predicted octanol–water partition coefficient (Wildman–Crippen LogP) is 3.44. The molecule has 5 heterocycles. The highest BCUT2D eigenvalue weighted by molar-refractivity contribution is 5.92. The number of nitrogens with one attached hydrogen (secondary N) is 5. The van der Waals surface area contributed by atoms with Crippen LogP contribution in [0.15, 0.2) is 81.0 Å². The smallest absolute Gasteiger partial charge is 0.417 e. The summed E-state index contributed by atoms with van der Waals surface area (Å²) in [5.74, 6) is -1.50. The summed E-state index contributed by atoms with van der Waals surface area (Å²) in [7, 11) is 0. The van der Waals surface area contributed by atoms with Crippen LogP contribution >= 0.6 is 0 Å². The number of aromatic amines is 2. The van der Waals surface area contributed by atoms with Crippen molar-refractivity contribution in [2.75, 3.05) is 50.7 Å². The number of oxazole rings is 1. The van der Waals surface area contributed by atoms with Crippen molar-refractivity contribution in [2.45, 2.75) is 63.5 Å². The van der Waals surface area contributed by atoms with Crippen molar-refractivity contribution < 1.29 is 28.7 Å². The summed E-state index contributed by atoms with van der Waals surface area (Å²) in [6, 6.07) is 14.3. The number of fused-ring (bicyclic) bond motifs is 2. The minimum absolute atomic E-state index is 0.0280. The van der Waals surface area contributed by atoms with Gasteiger partial charge >= 0.3 is 17.9 Å². The number of nitrogens with zero attached hydrogens (tertiary/aromatic N) is 4. The molecule has 2 unspecified atom stereocenters. The number of rotatable bonds is 13. The molecule has 2 atom stereocenters. The Kier molecular flexibility index (Phi) is 12.6. The van der Waals surface area contributed by atoms with E-state index in [1.54, 1.807) is 35.2 Å². The molecule has 2 fully saturated rings. The Morgan fingerprint density at radius 2 is 1.63 bits per heavy atom. The Morgan fingerprint density at radius 1 is 0.881 bits per heavy atom. The van der Waals surface area contributed by atoms with Gasteiger partial charge in [0.2, 0.25) is 11.8 Å². The molecule has 6 N–H and O–H groups in total. The number of piperidine rings is 1. The summed E-state index contributed by atoms with van der Waals surface area (Å²) >= 11 is 0. The SMILES string of the molecule is Cc1cc(CC(NC(=O)N2CCC(c3cc4ccccc4[nH]c3=O)CC2)C(=O)NC(CCCCNC(=O)O)C(=O)N2CCN(c3ccncc3)CC2)cc2oc(=O)[nH]c12. The summed E-state index contributed by atoms with van der Waals surface area (Å²) in [6.45, 7) is 4.73. The number of unbranched alkanes of at least 4 members (excludes halogenated alkanes) is 1. The number of carbonyl (C=O) groups is 4. The molecule has 2 saturated heterocycles. The van der Waals surface area contributed by atoms with Crippen molar-refractivity contribution in [3.63, 3.8) is 0 Å². The Balaban J connectivity index is 1.07. The number of H-pyrrole nitrogens is 2. The molecule has 0 bridgehead atoms. The quantitative estimate of drug-likeness (QED) is 0.0951. The van der Waals surface area contributed by atoms with Crippen molar-refractivity contribution in [3.8, 4) is 0 Å². The van der Waals surface area contributed by atoms with Crippen LogP contribution in [0.2, 0.25) is 0 Å². The molecule has 5 amide bonds. The first-order valence-corrected chi connectivity index (χ1v) is 20.0. The van der Waals surface area contributed by atoms with Gasteiger partial charge in [-0.1, -0.05) is 24.3 Å². The summed E-state index contributed by atoms with van der Waals surface area (Å²) in [5.41, 5.74) is 4.48. The first-order chi connectivity index (χ1) is 28.5. The lowest BCUT2D eigenvalue weighted by atomic mass is 9.89. The Labute approximate surface area is 339 Å². The minimum Gasteiger partial charge on any atom is -0.465 e. The average Bonchev–Trinajstić information content (AvgIpc) is 3.63. The molecule has 0 radical (unpaired) electrons. The third-order valence-electron chi connectivity index (χ3n) is 11.3. The van der Waals surface area contributed by atoms with Crippen LogP contribution in [0.3, 0.4) is 0 Å². The van der Waals surface area contributed by atoms with Crippen LogP contribution in [-0.4, -0.2) is 112 Å². The van der Waals surface area contributed by atoms with Crippen LogP contribution in [0.1, 0.15) is 54.7 Å². The summed E-state index contributed by atoms with van der Waals surface area (Å²) < 4.78 is 5.33. The summed E-state index contributed by atoms with van der Waals surface area (Å²) in [4.78, 5) is 93.8. The Hall–Kier alpha value is -6.65. The number of carbonyl (C=O) groups excluding carboxylic acids is 3. The van der Waals surface area contributed by atoms with E-state index in [4.69, 9.17) is 9.52 Å². The molecule has 2 aromatic carbocycles. The van der Waals surface area contributed by atoms with Gasteiger partial charge in [0.15, 0.2) is 5.58 Å². The molecule has 2 aliphatic heterocycles. The fraction of sp³-hybridized carbons (Fsp3) is 0.405. The number of benzene rings is 2. The maximum absolute atomic E-state index is 14.4. The maximum atomic E-state index is 14.4. The highest BCUT2D eigenvalue weighted by Crippen LogP contribution is 2.28. The Bertz CT molecular complexity index is 2410. The second kappa shape index (κ2) is 18.3. The number of hydrogen-bond acceptors (Lipinski definition) is 9. The second-order valence-electron chi connectivity index (χ2n) is 15.2. The third kappa shape index (κ3) is 9.91. The number of urea groups is 1. The average molecular weight is 808 g/mol. The zero-order chi connectivity index (χ0) is 41.5. The lowest BCUT2D eigenvalue weighted by molar-refractivity contribution is -0.137. The van der Waals surface area contributed by atoms with E-state index < -0.39 is 35.9 Å². The fourth-order valence-electron chi connectivity index (χ4n) is 8.12. The molecule has 0 aliphatic carbocycles. The zero-order valence-electron chi connectivity index (χ0n) is 32.9. The van der Waals surface area contributed by atoms with Crippen LogP contribution < -0.4 is 32.2 Å². The highest BCUT2D eigenvalue weighted by atomic mass is 16.4. The minimum atomic E-state index is -1.14. The first-order valence-electron chi connectivity index (χ1n) is 20.0.